The number of allylic oxidation sites excluding steroid dienone is 1. The lowest BCUT2D eigenvalue weighted by Gasteiger charge is -2.08. The molecule has 0 aliphatic carbocycles. The van der Waals surface area contributed by atoms with Gasteiger partial charge in [-0.05, 0) is 43.7 Å². The van der Waals surface area contributed by atoms with Crippen LogP contribution in [0.4, 0.5) is 0 Å². The minimum atomic E-state index is -0.287. The van der Waals surface area contributed by atoms with Gasteiger partial charge in [0.15, 0.2) is 0 Å². The van der Waals surface area contributed by atoms with E-state index in [-0.39, 0.29) is 12.6 Å². The van der Waals surface area contributed by atoms with E-state index in [4.69, 9.17) is 14.6 Å². The largest absolute Gasteiger partial charge is 0.462 e. The van der Waals surface area contributed by atoms with Crippen LogP contribution in [0.2, 0.25) is 0 Å². The molecule has 1 aromatic rings. The molecule has 33 heavy (non-hydrogen) atoms. The molecule has 188 valence electrons. The Morgan fingerprint density at radius 3 is 1.67 bits per heavy atom. The predicted octanol–water partition coefficient (Wildman–Crippen LogP) is 8.38. The van der Waals surface area contributed by atoms with Crippen molar-refractivity contribution in [3.05, 3.63) is 41.7 Å². The average Bonchev–Trinajstić information content (AvgIpc) is 2.81. The summed E-state index contributed by atoms with van der Waals surface area (Å²) in [5.74, 6) is 0.966. The second-order valence-electron chi connectivity index (χ2n) is 9.06. The molecule has 0 heterocycles. The maximum Gasteiger partial charge on any atom is 0.338 e. The van der Waals surface area contributed by atoms with Crippen LogP contribution in [0, 0.1) is 0 Å². The molecule has 0 aliphatic heterocycles. The molecule has 0 fully saturated rings. The fraction of sp³-hybridized carbons (Fsp3) is 0.690. The van der Waals surface area contributed by atoms with E-state index in [0.29, 0.717) is 23.7 Å². The summed E-state index contributed by atoms with van der Waals surface area (Å²) in [6.45, 7) is 4.47. The van der Waals surface area contributed by atoms with E-state index in [2.05, 4.69) is 6.92 Å². The summed E-state index contributed by atoms with van der Waals surface area (Å²) in [5.41, 5.74) is 0.530. The molecule has 0 aromatic heterocycles. The molecule has 0 unspecified atom stereocenters. The molecule has 0 radical (unpaired) electrons. The molecule has 1 N–H and O–H groups in total. The minimum Gasteiger partial charge on any atom is -0.462 e. The van der Waals surface area contributed by atoms with Crippen LogP contribution >= 0.6 is 0 Å². The summed E-state index contributed by atoms with van der Waals surface area (Å²) in [7, 11) is 0. The number of rotatable bonds is 21. The zero-order valence-electron chi connectivity index (χ0n) is 21.3. The second-order valence-corrected chi connectivity index (χ2v) is 9.06. The van der Waals surface area contributed by atoms with Gasteiger partial charge >= 0.3 is 5.97 Å². The molecule has 4 heteroatoms. The summed E-state index contributed by atoms with van der Waals surface area (Å²) in [6, 6.07) is 6.88. The quantitative estimate of drug-likeness (QED) is 0.114. The number of carbonyl (C=O) groups excluding carboxylic acids is 1. The monoisotopic (exact) mass is 460 g/mol. The predicted molar refractivity (Wildman–Crippen MR) is 138 cm³/mol. The molecule has 1 rings (SSSR count). The van der Waals surface area contributed by atoms with Crippen molar-refractivity contribution in [2.24, 2.45) is 0 Å². The SMILES string of the molecule is CCCCCCCCCCCCCCCCCCOC(=O)c1ccc(O/C(C)=C/CO)cc1. The van der Waals surface area contributed by atoms with Crippen molar-refractivity contribution in [3.8, 4) is 5.75 Å². The molecule has 0 saturated carbocycles. The van der Waals surface area contributed by atoms with Crippen LogP contribution in [-0.2, 0) is 4.74 Å². The lowest BCUT2D eigenvalue weighted by molar-refractivity contribution is 0.0497. The molecular formula is C29H48O4. The van der Waals surface area contributed by atoms with Gasteiger partial charge in [0.1, 0.15) is 5.75 Å². The molecule has 0 bridgehead atoms. The zero-order valence-corrected chi connectivity index (χ0v) is 21.3. The van der Waals surface area contributed by atoms with Crippen LogP contribution < -0.4 is 4.74 Å². The Morgan fingerprint density at radius 1 is 0.758 bits per heavy atom. The molecule has 0 spiro atoms. The van der Waals surface area contributed by atoms with Crippen molar-refractivity contribution in [2.75, 3.05) is 13.2 Å². The van der Waals surface area contributed by atoms with E-state index in [1.165, 1.54) is 89.9 Å². The highest BCUT2D eigenvalue weighted by atomic mass is 16.5. The topological polar surface area (TPSA) is 55.8 Å². The Bertz CT molecular complexity index is 621. The van der Waals surface area contributed by atoms with Crippen molar-refractivity contribution < 1.29 is 19.4 Å². The third kappa shape index (κ3) is 16.4. The standard InChI is InChI=1S/C29H48O4/c1-3-4-5-6-7-8-9-10-11-12-13-14-15-16-17-18-25-32-29(31)27-19-21-28(22-20-27)33-26(2)23-24-30/h19-23,30H,3-18,24-25H2,1-2H3/b26-23+. The van der Waals surface area contributed by atoms with Gasteiger partial charge in [0.25, 0.3) is 0 Å². The van der Waals surface area contributed by atoms with Crippen LogP contribution in [0.25, 0.3) is 0 Å². The van der Waals surface area contributed by atoms with Gasteiger partial charge < -0.3 is 14.6 Å². The van der Waals surface area contributed by atoms with Gasteiger partial charge in [0, 0.05) is 0 Å². The highest BCUT2D eigenvalue weighted by Gasteiger charge is 2.07. The van der Waals surface area contributed by atoms with Crippen molar-refractivity contribution in [1.29, 1.82) is 0 Å². The number of aliphatic hydroxyl groups excluding tert-OH is 1. The van der Waals surface area contributed by atoms with Crippen LogP contribution in [0.15, 0.2) is 36.1 Å². The lowest BCUT2D eigenvalue weighted by atomic mass is 10.0. The maximum absolute atomic E-state index is 12.1. The number of hydrogen-bond acceptors (Lipinski definition) is 4. The number of hydrogen-bond donors (Lipinski definition) is 1. The van der Waals surface area contributed by atoms with Gasteiger partial charge in [-0.1, -0.05) is 103 Å². The van der Waals surface area contributed by atoms with Gasteiger partial charge in [0.05, 0.1) is 24.5 Å². The first-order valence-corrected chi connectivity index (χ1v) is 13.4. The van der Waals surface area contributed by atoms with Gasteiger partial charge in [-0.25, -0.2) is 4.79 Å². The second kappa shape index (κ2) is 20.8. The summed E-state index contributed by atoms with van der Waals surface area (Å²) < 4.78 is 10.9. The highest BCUT2D eigenvalue weighted by Crippen LogP contribution is 2.16. The van der Waals surface area contributed by atoms with Crippen LogP contribution in [0.3, 0.4) is 0 Å². The fourth-order valence-corrected chi connectivity index (χ4v) is 3.91. The van der Waals surface area contributed by atoms with Gasteiger partial charge in [-0.2, -0.15) is 0 Å². The van der Waals surface area contributed by atoms with E-state index in [1.54, 1.807) is 37.3 Å². The van der Waals surface area contributed by atoms with Gasteiger partial charge in [-0.3, -0.25) is 0 Å². The normalized spacial score (nSPS) is 11.5. The Balaban J connectivity index is 1.92. The fourth-order valence-electron chi connectivity index (χ4n) is 3.91. The third-order valence-electron chi connectivity index (χ3n) is 5.98. The first kappa shape index (κ1) is 29.2. The average molecular weight is 461 g/mol. The highest BCUT2D eigenvalue weighted by molar-refractivity contribution is 5.89. The van der Waals surface area contributed by atoms with E-state index in [9.17, 15) is 4.79 Å². The minimum absolute atomic E-state index is 0.0599. The van der Waals surface area contributed by atoms with Crippen LogP contribution in [0.1, 0.15) is 127 Å². The Labute approximate surface area is 202 Å². The summed E-state index contributed by atoms with van der Waals surface area (Å²) in [4.78, 5) is 12.1. The number of unbranched alkanes of at least 4 members (excludes halogenated alkanes) is 15. The Kier molecular flexibility index (Phi) is 18.4. The van der Waals surface area contributed by atoms with Gasteiger partial charge in [0.2, 0.25) is 0 Å². The van der Waals surface area contributed by atoms with Crippen LogP contribution in [0.5, 0.6) is 5.75 Å². The molecule has 4 nitrogen and oxygen atoms in total. The van der Waals surface area contributed by atoms with Crippen molar-refractivity contribution in [2.45, 2.75) is 117 Å². The lowest BCUT2D eigenvalue weighted by Crippen LogP contribution is -2.06. The van der Waals surface area contributed by atoms with Crippen molar-refractivity contribution in [3.63, 3.8) is 0 Å². The molecule has 0 amide bonds. The molecule has 0 saturated heterocycles. The number of esters is 1. The maximum atomic E-state index is 12.1. The smallest absolute Gasteiger partial charge is 0.338 e. The third-order valence-corrected chi connectivity index (χ3v) is 5.98. The summed E-state index contributed by atoms with van der Waals surface area (Å²) in [6.07, 6.45) is 22.9. The van der Waals surface area contributed by atoms with E-state index >= 15 is 0 Å². The molecular weight excluding hydrogens is 412 g/mol. The number of aliphatic hydroxyl groups is 1. The zero-order chi connectivity index (χ0) is 24.0. The Hall–Kier alpha value is -1.81. The summed E-state index contributed by atoms with van der Waals surface area (Å²) >= 11 is 0. The van der Waals surface area contributed by atoms with E-state index in [0.717, 1.165) is 12.8 Å². The number of benzene rings is 1. The van der Waals surface area contributed by atoms with Gasteiger partial charge in [-0.15, -0.1) is 0 Å². The van der Waals surface area contributed by atoms with E-state index in [1.807, 2.05) is 0 Å². The summed E-state index contributed by atoms with van der Waals surface area (Å²) in [5, 5.41) is 8.86. The van der Waals surface area contributed by atoms with Crippen molar-refractivity contribution in [1.82, 2.24) is 0 Å². The van der Waals surface area contributed by atoms with Crippen molar-refractivity contribution >= 4 is 5.97 Å². The molecule has 0 aliphatic rings. The first-order valence-electron chi connectivity index (χ1n) is 13.4. The Morgan fingerprint density at radius 2 is 1.21 bits per heavy atom. The number of carbonyl (C=O) groups is 1. The van der Waals surface area contributed by atoms with Crippen LogP contribution in [-0.4, -0.2) is 24.3 Å². The number of ether oxygens (including phenoxy) is 2. The van der Waals surface area contributed by atoms with E-state index < -0.39 is 0 Å². The molecule has 0 atom stereocenters. The first-order chi connectivity index (χ1) is 16.2. The molecule has 1 aromatic carbocycles.